The number of amides is 1. The maximum absolute atomic E-state index is 12.9. The number of aryl methyl sites for hydroxylation is 2. The van der Waals surface area contributed by atoms with Gasteiger partial charge in [0.1, 0.15) is 11.6 Å². The standard InChI is InChI=1S/C21H30N4O4S/c1-16(2)18-6-8-19(9-7-18)29-15-21(26)24-10-5-11-25(13-12-24)30(27,28)20-14-23(4)17(3)22-20/h6-9,14,16H,5,10-13,15H2,1-4H3. The van der Waals surface area contributed by atoms with Crippen molar-refractivity contribution < 1.29 is 17.9 Å². The van der Waals surface area contributed by atoms with Gasteiger partial charge in [0, 0.05) is 39.4 Å². The normalized spacial score (nSPS) is 16.0. The lowest BCUT2D eigenvalue weighted by Crippen LogP contribution is -2.39. The lowest BCUT2D eigenvalue weighted by molar-refractivity contribution is -0.133. The highest BCUT2D eigenvalue weighted by atomic mass is 32.2. The van der Waals surface area contributed by atoms with E-state index in [2.05, 4.69) is 18.8 Å². The summed E-state index contributed by atoms with van der Waals surface area (Å²) < 4.78 is 34.5. The molecule has 0 N–H and O–H groups in total. The van der Waals surface area contributed by atoms with E-state index in [1.54, 1.807) is 23.4 Å². The van der Waals surface area contributed by atoms with Crippen LogP contribution in [0.4, 0.5) is 0 Å². The summed E-state index contributed by atoms with van der Waals surface area (Å²) in [5, 5.41) is 0.0513. The van der Waals surface area contributed by atoms with Crippen molar-refractivity contribution in [2.24, 2.45) is 7.05 Å². The molecule has 0 unspecified atom stereocenters. The molecule has 0 atom stereocenters. The zero-order valence-electron chi connectivity index (χ0n) is 18.0. The van der Waals surface area contributed by atoms with E-state index in [0.29, 0.717) is 43.5 Å². The average Bonchev–Trinajstić information content (AvgIpc) is 2.92. The van der Waals surface area contributed by atoms with E-state index in [-0.39, 0.29) is 24.1 Å². The number of carbonyl (C=O) groups is 1. The Kier molecular flexibility index (Phi) is 6.82. The molecule has 1 fully saturated rings. The van der Waals surface area contributed by atoms with Crippen LogP contribution in [0.2, 0.25) is 0 Å². The zero-order chi connectivity index (χ0) is 21.9. The molecule has 1 saturated heterocycles. The molecular weight excluding hydrogens is 404 g/mol. The summed E-state index contributed by atoms with van der Waals surface area (Å²) in [6.45, 7) is 7.38. The van der Waals surface area contributed by atoms with Gasteiger partial charge in [-0.25, -0.2) is 13.4 Å². The predicted molar refractivity (Wildman–Crippen MR) is 114 cm³/mol. The molecule has 1 aliphatic heterocycles. The molecule has 3 rings (SSSR count). The van der Waals surface area contributed by atoms with Gasteiger partial charge in [0.2, 0.25) is 0 Å². The predicted octanol–water partition coefficient (Wildman–Crippen LogP) is 2.15. The second-order valence-electron chi connectivity index (χ2n) is 7.89. The molecule has 0 saturated carbocycles. The SMILES string of the molecule is Cc1nc(S(=O)(=O)N2CCCN(C(=O)COc3ccc(C(C)C)cc3)CC2)cn1C. The number of sulfonamides is 1. The Labute approximate surface area is 178 Å². The molecular formula is C21H30N4O4S. The third kappa shape index (κ3) is 5.02. The van der Waals surface area contributed by atoms with Gasteiger partial charge in [0.15, 0.2) is 11.6 Å². The van der Waals surface area contributed by atoms with Gasteiger partial charge >= 0.3 is 0 Å². The number of hydrogen-bond donors (Lipinski definition) is 0. The van der Waals surface area contributed by atoms with Crippen molar-refractivity contribution in [1.82, 2.24) is 18.8 Å². The summed E-state index contributed by atoms with van der Waals surface area (Å²) in [6.07, 6.45) is 2.09. The molecule has 2 aromatic rings. The Balaban J connectivity index is 1.57. The van der Waals surface area contributed by atoms with Gasteiger partial charge in [-0.15, -0.1) is 0 Å². The van der Waals surface area contributed by atoms with Crippen molar-refractivity contribution in [2.45, 2.75) is 38.1 Å². The van der Waals surface area contributed by atoms with E-state index >= 15 is 0 Å². The van der Waals surface area contributed by atoms with Crippen LogP contribution in [0.25, 0.3) is 0 Å². The number of benzene rings is 1. The summed E-state index contributed by atoms with van der Waals surface area (Å²) >= 11 is 0. The number of carbonyl (C=O) groups excluding carboxylic acids is 1. The second kappa shape index (κ2) is 9.18. The molecule has 8 nitrogen and oxygen atoms in total. The maximum atomic E-state index is 12.9. The summed E-state index contributed by atoms with van der Waals surface area (Å²) in [7, 11) is -1.91. The number of hydrogen-bond acceptors (Lipinski definition) is 5. The highest BCUT2D eigenvalue weighted by molar-refractivity contribution is 7.89. The van der Waals surface area contributed by atoms with Crippen LogP contribution in [0.15, 0.2) is 35.5 Å². The minimum atomic E-state index is -3.67. The quantitative estimate of drug-likeness (QED) is 0.696. The van der Waals surface area contributed by atoms with Gasteiger partial charge in [-0.3, -0.25) is 4.79 Å². The van der Waals surface area contributed by atoms with Crippen LogP contribution in [0.3, 0.4) is 0 Å². The molecule has 2 heterocycles. The third-order valence-corrected chi connectivity index (χ3v) is 7.18. The summed E-state index contributed by atoms with van der Waals surface area (Å²) in [4.78, 5) is 18.4. The molecule has 0 spiro atoms. The van der Waals surface area contributed by atoms with Crippen LogP contribution in [0.1, 0.15) is 37.6 Å². The monoisotopic (exact) mass is 434 g/mol. The molecule has 9 heteroatoms. The van der Waals surface area contributed by atoms with Crippen molar-refractivity contribution in [2.75, 3.05) is 32.8 Å². The minimum absolute atomic E-state index is 0.0513. The van der Waals surface area contributed by atoms with E-state index in [4.69, 9.17) is 4.74 Å². The van der Waals surface area contributed by atoms with Gasteiger partial charge in [-0.2, -0.15) is 4.31 Å². The van der Waals surface area contributed by atoms with E-state index in [0.717, 1.165) is 0 Å². The van der Waals surface area contributed by atoms with Crippen LogP contribution in [-0.2, 0) is 21.9 Å². The van der Waals surface area contributed by atoms with Crippen LogP contribution in [0.5, 0.6) is 5.75 Å². The highest BCUT2D eigenvalue weighted by Crippen LogP contribution is 2.19. The molecule has 1 aliphatic rings. The van der Waals surface area contributed by atoms with Crippen molar-refractivity contribution in [1.29, 1.82) is 0 Å². The molecule has 1 aromatic carbocycles. The molecule has 0 bridgehead atoms. The zero-order valence-corrected chi connectivity index (χ0v) is 18.9. The first-order valence-corrected chi connectivity index (χ1v) is 11.6. The van der Waals surface area contributed by atoms with Gasteiger partial charge in [-0.1, -0.05) is 26.0 Å². The molecule has 164 valence electrons. The second-order valence-corrected chi connectivity index (χ2v) is 9.77. The van der Waals surface area contributed by atoms with Crippen LogP contribution >= 0.6 is 0 Å². The smallest absolute Gasteiger partial charge is 0.262 e. The Bertz CT molecular complexity index is 963. The first-order valence-electron chi connectivity index (χ1n) is 10.2. The van der Waals surface area contributed by atoms with Crippen molar-refractivity contribution in [3.63, 3.8) is 0 Å². The van der Waals surface area contributed by atoms with Crippen molar-refractivity contribution in [3.8, 4) is 5.75 Å². The van der Waals surface area contributed by atoms with Crippen molar-refractivity contribution in [3.05, 3.63) is 41.9 Å². The van der Waals surface area contributed by atoms with E-state index in [1.807, 2.05) is 24.3 Å². The summed E-state index contributed by atoms with van der Waals surface area (Å²) in [5.41, 5.74) is 1.21. The fourth-order valence-corrected chi connectivity index (χ4v) is 4.85. The Morgan fingerprint density at radius 2 is 1.83 bits per heavy atom. The number of rotatable bonds is 6. The largest absolute Gasteiger partial charge is 0.484 e. The first kappa shape index (κ1) is 22.3. The number of nitrogens with zero attached hydrogens (tertiary/aromatic N) is 4. The number of ether oxygens (including phenoxy) is 1. The third-order valence-electron chi connectivity index (χ3n) is 5.41. The number of aromatic nitrogens is 2. The molecule has 30 heavy (non-hydrogen) atoms. The van der Waals surface area contributed by atoms with Gasteiger partial charge in [0.05, 0.1) is 0 Å². The van der Waals surface area contributed by atoms with Crippen LogP contribution in [-0.4, -0.2) is 65.9 Å². The molecule has 0 radical (unpaired) electrons. The van der Waals surface area contributed by atoms with Crippen LogP contribution in [0, 0.1) is 6.92 Å². The highest BCUT2D eigenvalue weighted by Gasteiger charge is 2.30. The fourth-order valence-electron chi connectivity index (χ4n) is 3.35. The molecule has 1 aromatic heterocycles. The maximum Gasteiger partial charge on any atom is 0.262 e. The van der Waals surface area contributed by atoms with Gasteiger partial charge in [0.25, 0.3) is 15.9 Å². The first-order chi connectivity index (χ1) is 14.2. The van der Waals surface area contributed by atoms with Gasteiger partial charge in [-0.05, 0) is 37.0 Å². The van der Waals surface area contributed by atoms with E-state index < -0.39 is 10.0 Å². The Morgan fingerprint density at radius 1 is 1.13 bits per heavy atom. The minimum Gasteiger partial charge on any atom is -0.484 e. The summed E-state index contributed by atoms with van der Waals surface area (Å²) in [6, 6.07) is 7.74. The lowest BCUT2D eigenvalue weighted by Gasteiger charge is -2.21. The lowest BCUT2D eigenvalue weighted by atomic mass is 10.0. The average molecular weight is 435 g/mol. The molecule has 1 amide bonds. The topological polar surface area (TPSA) is 84.7 Å². The Morgan fingerprint density at radius 3 is 2.43 bits per heavy atom. The molecule has 0 aliphatic carbocycles. The Hall–Kier alpha value is -2.39. The van der Waals surface area contributed by atoms with E-state index in [9.17, 15) is 13.2 Å². The number of imidazole rings is 1. The summed E-state index contributed by atoms with van der Waals surface area (Å²) in [5.74, 6) is 1.58. The fraction of sp³-hybridized carbons (Fsp3) is 0.524. The van der Waals surface area contributed by atoms with Crippen LogP contribution < -0.4 is 4.74 Å². The van der Waals surface area contributed by atoms with Gasteiger partial charge < -0.3 is 14.2 Å². The van der Waals surface area contributed by atoms with E-state index in [1.165, 1.54) is 16.1 Å². The van der Waals surface area contributed by atoms with Crippen molar-refractivity contribution >= 4 is 15.9 Å².